The van der Waals surface area contributed by atoms with Gasteiger partial charge in [0.2, 0.25) is 0 Å². The summed E-state index contributed by atoms with van der Waals surface area (Å²) in [6, 6.07) is 19.0. The van der Waals surface area contributed by atoms with Crippen LogP contribution in [0.1, 0.15) is 36.5 Å². The smallest absolute Gasteiger partial charge is 0.406 e. The molecule has 0 radical (unpaired) electrons. The van der Waals surface area contributed by atoms with Crippen LogP contribution in [0, 0.1) is 6.92 Å². The van der Waals surface area contributed by atoms with E-state index >= 15 is 0 Å². The van der Waals surface area contributed by atoms with Gasteiger partial charge in [-0.1, -0.05) is 62.5 Å². The van der Waals surface area contributed by atoms with Gasteiger partial charge in [-0.2, -0.15) is 0 Å². The van der Waals surface area contributed by atoms with Gasteiger partial charge >= 0.3 is 12.4 Å². The van der Waals surface area contributed by atoms with Gasteiger partial charge in [0.25, 0.3) is 0 Å². The number of hydrogen-bond acceptors (Lipinski definition) is 6. The Hall–Kier alpha value is -4.45. The van der Waals surface area contributed by atoms with Crippen molar-refractivity contribution in [3.8, 4) is 22.8 Å². The zero-order chi connectivity index (χ0) is 30.7. The van der Waals surface area contributed by atoms with E-state index in [0.29, 0.717) is 30.4 Å². The highest BCUT2D eigenvalue weighted by molar-refractivity contribution is 7.78. The molecule has 0 fully saturated rings. The number of hydrogen-bond donors (Lipinski definition) is 3. The predicted molar refractivity (Wildman–Crippen MR) is 162 cm³/mol. The van der Waals surface area contributed by atoms with Crippen molar-refractivity contribution in [1.82, 2.24) is 25.4 Å². The van der Waals surface area contributed by atoms with E-state index in [0.717, 1.165) is 16.6 Å². The van der Waals surface area contributed by atoms with Crippen LogP contribution in [0.2, 0.25) is 0 Å². The molecular weight excluding hydrogens is 565 g/mol. The van der Waals surface area contributed by atoms with Crippen molar-refractivity contribution in [3.05, 3.63) is 89.7 Å². The second kappa shape index (κ2) is 15.0. The minimum Gasteiger partial charge on any atom is -0.406 e. The molecule has 222 valence electrons. The number of anilines is 1. The van der Waals surface area contributed by atoms with E-state index in [2.05, 4.69) is 82.0 Å². The van der Waals surface area contributed by atoms with Crippen LogP contribution >= 0.6 is 12.2 Å². The first-order chi connectivity index (χ1) is 20.0. The van der Waals surface area contributed by atoms with Crippen LogP contribution in [0.3, 0.4) is 0 Å². The summed E-state index contributed by atoms with van der Waals surface area (Å²) >= 11 is 4.53. The van der Waals surface area contributed by atoms with Gasteiger partial charge in [0.15, 0.2) is 5.82 Å². The highest BCUT2D eigenvalue weighted by atomic mass is 32.1. The average molecular weight is 599 g/mol. The fourth-order valence-corrected chi connectivity index (χ4v) is 4.06. The predicted octanol–water partition coefficient (Wildman–Crippen LogP) is 6.79. The number of carbonyl (C=O) groups is 1. The molecule has 1 aromatic heterocycles. The summed E-state index contributed by atoms with van der Waals surface area (Å²) < 4.78 is 42.0. The van der Waals surface area contributed by atoms with Gasteiger partial charge in [0.05, 0.1) is 11.2 Å². The van der Waals surface area contributed by atoms with Crippen molar-refractivity contribution < 1.29 is 22.7 Å². The molecular formula is C30H33F3N6O2S. The van der Waals surface area contributed by atoms with E-state index in [1.807, 2.05) is 31.3 Å². The molecule has 2 amide bonds. The molecule has 0 bridgehead atoms. The Bertz CT molecular complexity index is 1460. The molecule has 0 unspecified atom stereocenters. The van der Waals surface area contributed by atoms with Crippen LogP contribution in [-0.2, 0) is 6.42 Å². The van der Waals surface area contributed by atoms with Crippen LogP contribution < -0.4 is 20.7 Å². The van der Waals surface area contributed by atoms with Gasteiger partial charge in [-0.05, 0) is 66.3 Å². The summed E-state index contributed by atoms with van der Waals surface area (Å²) in [6.45, 7) is 7.00. The lowest BCUT2D eigenvalue weighted by Gasteiger charge is -2.12. The fourth-order valence-electron chi connectivity index (χ4n) is 3.96. The van der Waals surface area contributed by atoms with Gasteiger partial charge in [0, 0.05) is 24.8 Å². The van der Waals surface area contributed by atoms with Crippen molar-refractivity contribution in [1.29, 1.82) is 0 Å². The number of aryl methyl sites for hydroxylation is 1. The molecule has 0 spiro atoms. The largest absolute Gasteiger partial charge is 0.573 e. The lowest BCUT2D eigenvalue weighted by molar-refractivity contribution is -0.274. The molecule has 3 aromatic carbocycles. The summed E-state index contributed by atoms with van der Waals surface area (Å²) in [4.78, 5) is 15.5. The molecule has 4 aromatic rings. The second-order valence-corrected chi connectivity index (χ2v) is 9.75. The van der Waals surface area contributed by atoms with Crippen LogP contribution in [0.25, 0.3) is 17.1 Å². The molecule has 0 saturated heterocycles. The van der Waals surface area contributed by atoms with Gasteiger partial charge < -0.3 is 20.7 Å². The maximum Gasteiger partial charge on any atom is 0.573 e. The number of aromatic nitrogens is 3. The Morgan fingerprint density at radius 3 is 2.36 bits per heavy atom. The van der Waals surface area contributed by atoms with Crippen LogP contribution in [0.4, 0.5) is 23.7 Å². The molecule has 0 aliphatic carbocycles. The summed E-state index contributed by atoms with van der Waals surface area (Å²) in [6.07, 6.45) is -2.62. The topological polar surface area (TPSA) is 93.1 Å². The Morgan fingerprint density at radius 1 is 1.07 bits per heavy atom. The van der Waals surface area contributed by atoms with Gasteiger partial charge in [-0.3, -0.25) is 0 Å². The SMILES string of the molecule is CNc1cc(C)ccc1C(C)C.O=C(NC=S)NCCc1ccc(-c2ncn(-c3ccc(OC(F)(F)F)cc3)n2)cc1. The van der Waals surface area contributed by atoms with Gasteiger partial charge in [-0.15, -0.1) is 18.3 Å². The number of benzene rings is 3. The Balaban J connectivity index is 0.000000337. The zero-order valence-electron chi connectivity index (χ0n) is 23.7. The molecule has 0 aliphatic rings. The number of alkyl halides is 3. The number of halogens is 3. The summed E-state index contributed by atoms with van der Waals surface area (Å²) in [7, 11) is 1.97. The first kappa shape index (κ1) is 32.1. The number of rotatable bonds is 9. The normalized spacial score (nSPS) is 10.9. The first-order valence-electron chi connectivity index (χ1n) is 13.1. The Labute approximate surface area is 248 Å². The third-order valence-corrected chi connectivity index (χ3v) is 6.15. The average Bonchev–Trinajstić information content (AvgIpc) is 3.44. The van der Waals surface area contributed by atoms with E-state index in [4.69, 9.17) is 0 Å². The summed E-state index contributed by atoms with van der Waals surface area (Å²) in [5.41, 5.74) is 7.43. The second-order valence-electron chi connectivity index (χ2n) is 9.51. The molecule has 0 aliphatic heterocycles. The number of urea groups is 1. The van der Waals surface area contributed by atoms with E-state index in [9.17, 15) is 18.0 Å². The van der Waals surface area contributed by atoms with E-state index < -0.39 is 6.36 Å². The Kier molecular flexibility index (Phi) is 11.4. The lowest BCUT2D eigenvalue weighted by atomic mass is 9.99. The highest BCUT2D eigenvalue weighted by Gasteiger charge is 2.31. The van der Waals surface area contributed by atoms with Crippen molar-refractivity contribution in [2.24, 2.45) is 0 Å². The maximum absolute atomic E-state index is 12.2. The molecule has 8 nitrogen and oxygen atoms in total. The van der Waals surface area contributed by atoms with Crippen LogP contribution in [0.5, 0.6) is 5.75 Å². The van der Waals surface area contributed by atoms with Crippen molar-refractivity contribution in [2.45, 2.75) is 39.5 Å². The standard InChI is InChI=1S/C19H16F3N5O2S.C11H17N/c20-19(21,22)29-16-7-5-15(6-8-16)27-11-24-17(26-27)14-3-1-13(2-4-14)9-10-23-18(28)25-12-30;1-8(2)10-6-5-9(3)7-11(10)12-4/h1-8,11-12H,9-10H2,(H2,23,25,28,30);5-8,12H,1-4H3. The summed E-state index contributed by atoms with van der Waals surface area (Å²) in [5.74, 6) is 0.750. The third kappa shape index (κ3) is 9.88. The first-order valence-corrected chi connectivity index (χ1v) is 13.6. The van der Waals surface area contributed by atoms with Crippen molar-refractivity contribution in [3.63, 3.8) is 0 Å². The summed E-state index contributed by atoms with van der Waals surface area (Å²) in [5, 5.41) is 12.6. The number of amides is 2. The highest BCUT2D eigenvalue weighted by Crippen LogP contribution is 2.25. The van der Waals surface area contributed by atoms with Crippen LogP contribution in [0.15, 0.2) is 73.1 Å². The molecule has 0 atom stereocenters. The van der Waals surface area contributed by atoms with Gasteiger partial charge in [0.1, 0.15) is 12.1 Å². The van der Waals surface area contributed by atoms with Gasteiger partial charge in [-0.25, -0.2) is 14.5 Å². The number of ether oxygens (including phenoxy) is 1. The Morgan fingerprint density at radius 2 is 1.76 bits per heavy atom. The number of thiocarbonyl (C=S) groups is 1. The molecule has 4 rings (SSSR count). The van der Waals surface area contributed by atoms with E-state index in [1.54, 1.807) is 0 Å². The maximum atomic E-state index is 12.2. The van der Waals surface area contributed by atoms with E-state index in [-0.39, 0.29) is 11.8 Å². The number of carbonyl (C=O) groups excluding carboxylic acids is 1. The van der Waals surface area contributed by atoms with Crippen LogP contribution in [-0.4, -0.2) is 46.2 Å². The van der Waals surface area contributed by atoms with E-state index in [1.165, 1.54) is 52.1 Å². The minimum atomic E-state index is -4.74. The third-order valence-electron chi connectivity index (χ3n) is 6.03. The molecule has 1 heterocycles. The minimum absolute atomic E-state index is 0.309. The lowest BCUT2D eigenvalue weighted by Crippen LogP contribution is -2.35. The number of nitrogens with one attached hydrogen (secondary N) is 3. The van der Waals surface area contributed by atoms with Crippen molar-refractivity contribution >= 4 is 29.4 Å². The van der Waals surface area contributed by atoms with Crippen molar-refractivity contribution in [2.75, 3.05) is 18.9 Å². The quantitative estimate of drug-likeness (QED) is 0.184. The number of nitrogens with zero attached hydrogens (tertiary/aromatic N) is 3. The molecule has 0 saturated carbocycles. The molecule has 42 heavy (non-hydrogen) atoms. The molecule has 3 N–H and O–H groups in total. The monoisotopic (exact) mass is 598 g/mol. The zero-order valence-corrected chi connectivity index (χ0v) is 24.5. The fraction of sp³-hybridized carbons (Fsp3) is 0.267. The molecule has 12 heteroatoms.